The number of hydrogen-bond acceptors (Lipinski definition) is 1. The van der Waals surface area contributed by atoms with Crippen LogP contribution in [-0.2, 0) is 0 Å². The molecule has 3 heteroatoms. The van der Waals surface area contributed by atoms with Crippen LogP contribution in [0.3, 0.4) is 0 Å². The molecule has 2 unspecified atom stereocenters. The van der Waals surface area contributed by atoms with Crippen molar-refractivity contribution >= 4 is 23.2 Å². The molecule has 1 aromatic rings. The molecule has 0 saturated heterocycles. The Hall–Kier alpha value is -0.240. The van der Waals surface area contributed by atoms with E-state index in [4.69, 9.17) is 23.2 Å². The number of benzene rings is 1. The first-order valence-electron chi connectivity index (χ1n) is 6.38. The zero-order valence-electron chi connectivity index (χ0n) is 11.8. The molecule has 1 nitrogen and oxygen atoms in total. The Morgan fingerprint density at radius 3 is 2.22 bits per heavy atom. The van der Waals surface area contributed by atoms with E-state index in [9.17, 15) is 0 Å². The molecular formula is C15H23Cl2N. The lowest BCUT2D eigenvalue weighted by Crippen LogP contribution is -2.25. The molecule has 0 bridgehead atoms. The van der Waals surface area contributed by atoms with Gasteiger partial charge in [0.05, 0.1) is 10.0 Å². The Morgan fingerprint density at radius 2 is 1.78 bits per heavy atom. The van der Waals surface area contributed by atoms with Crippen molar-refractivity contribution in [3.05, 3.63) is 33.8 Å². The Kier molecular flexibility index (Phi) is 5.51. The number of rotatable bonds is 4. The van der Waals surface area contributed by atoms with Crippen LogP contribution < -0.4 is 5.32 Å². The summed E-state index contributed by atoms with van der Waals surface area (Å²) in [5.74, 6) is 0.615. The molecule has 0 heterocycles. The van der Waals surface area contributed by atoms with Crippen molar-refractivity contribution in [2.45, 2.75) is 40.2 Å². The fourth-order valence-electron chi connectivity index (χ4n) is 1.86. The van der Waals surface area contributed by atoms with Crippen molar-refractivity contribution in [1.29, 1.82) is 0 Å². The third-order valence-corrected chi connectivity index (χ3v) is 4.50. The molecule has 1 N–H and O–H groups in total. The molecule has 0 aliphatic heterocycles. The van der Waals surface area contributed by atoms with Crippen LogP contribution in [0.15, 0.2) is 18.2 Å². The van der Waals surface area contributed by atoms with Gasteiger partial charge in [0.2, 0.25) is 0 Å². The minimum absolute atomic E-state index is 0.311. The molecule has 0 saturated carbocycles. The van der Waals surface area contributed by atoms with E-state index < -0.39 is 0 Å². The third-order valence-electron chi connectivity index (χ3n) is 3.76. The van der Waals surface area contributed by atoms with E-state index in [1.165, 1.54) is 5.56 Å². The van der Waals surface area contributed by atoms with Crippen molar-refractivity contribution in [3.63, 3.8) is 0 Å². The van der Waals surface area contributed by atoms with Crippen LogP contribution >= 0.6 is 23.2 Å². The normalized spacial score (nSPS) is 15.5. The first-order chi connectivity index (χ1) is 8.25. The SMILES string of the molecule is CNC(CC(C)C(C)(C)C)c1ccc(Cl)c(Cl)c1. The van der Waals surface area contributed by atoms with Gasteiger partial charge in [0.15, 0.2) is 0 Å². The van der Waals surface area contributed by atoms with Crippen LogP contribution in [0.4, 0.5) is 0 Å². The predicted octanol–water partition coefficient (Wildman–Crippen LogP) is 5.33. The standard InChI is InChI=1S/C15H23Cl2N/c1-10(15(2,3)4)8-14(18-5)11-6-7-12(16)13(17)9-11/h6-7,9-10,14,18H,8H2,1-5H3. The predicted molar refractivity (Wildman–Crippen MR) is 81.5 cm³/mol. The number of nitrogens with one attached hydrogen (secondary N) is 1. The largest absolute Gasteiger partial charge is 0.313 e. The minimum Gasteiger partial charge on any atom is -0.313 e. The van der Waals surface area contributed by atoms with Crippen molar-refractivity contribution in [2.24, 2.45) is 11.3 Å². The van der Waals surface area contributed by atoms with Gasteiger partial charge in [-0.2, -0.15) is 0 Å². The lowest BCUT2D eigenvalue weighted by Gasteiger charge is -2.31. The summed E-state index contributed by atoms with van der Waals surface area (Å²) in [6.45, 7) is 9.12. The zero-order chi connectivity index (χ0) is 13.9. The summed E-state index contributed by atoms with van der Waals surface area (Å²) >= 11 is 12.0. The second-order valence-corrected chi connectivity index (χ2v) is 6.83. The van der Waals surface area contributed by atoms with Crippen LogP contribution in [0.2, 0.25) is 10.0 Å². The van der Waals surface area contributed by atoms with Gasteiger partial charge in [-0.1, -0.05) is 57.0 Å². The van der Waals surface area contributed by atoms with E-state index in [0.29, 0.717) is 27.4 Å². The smallest absolute Gasteiger partial charge is 0.0595 e. The second-order valence-electron chi connectivity index (χ2n) is 6.02. The molecule has 0 aliphatic rings. The molecule has 1 rings (SSSR count). The first-order valence-corrected chi connectivity index (χ1v) is 7.13. The Labute approximate surface area is 121 Å². The van der Waals surface area contributed by atoms with Gasteiger partial charge in [-0.25, -0.2) is 0 Å². The first kappa shape index (κ1) is 15.8. The summed E-state index contributed by atoms with van der Waals surface area (Å²) in [5, 5.41) is 4.60. The molecule has 2 atom stereocenters. The molecule has 0 amide bonds. The Morgan fingerprint density at radius 1 is 1.17 bits per heavy atom. The second kappa shape index (κ2) is 6.27. The van der Waals surface area contributed by atoms with Gasteiger partial charge in [0, 0.05) is 6.04 Å². The summed E-state index contributed by atoms with van der Waals surface area (Å²) in [6.07, 6.45) is 1.08. The molecule has 102 valence electrons. The molecule has 1 aromatic carbocycles. The van der Waals surface area contributed by atoms with E-state index in [-0.39, 0.29) is 0 Å². The van der Waals surface area contributed by atoms with Crippen LogP contribution in [-0.4, -0.2) is 7.05 Å². The van der Waals surface area contributed by atoms with Crippen molar-refractivity contribution in [1.82, 2.24) is 5.32 Å². The molecule has 0 aliphatic carbocycles. The fourth-order valence-corrected chi connectivity index (χ4v) is 2.16. The molecule has 0 fully saturated rings. The van der Waals surface area contributed by atoms with Gasteiger partial charge < -0.3 is 5.32 Å². The molecule has 0 aromatic heterocycles. The highest BCUT2D eigenvalue weighted by molar-refractivity contribution is 6.42. The third kappa shape index (κ3) is 4.15. The number of hydrogen-bond donors (Lipinski definition) is 1. The monoisotopic (exact) mass is 287 g/mol. The summed E-state index contributed by atoms with van der Waals surface area (Å²) < 4.78 is 0. The van der Waals surface area contributed by atoms with Gasteiger partial charge in [-0.3, -0.25) is 0 Å². The highest BCUT2D eigenvalue weighted by atomic mass is 35.5. The highest BCUT2D eigenvalue weighted by Crippen LogP contribution is 2.34. The van der Waals surface area contributed by atoms with Gasteiger partial charge in [0.25, 0.3) is 0 Å². The van der Waals surface area contributed by atoms with Crippen LogP contribution in [0.5, 0.6) is 0 Å². The van der Waals surface area contributed by atoms with E-state index in [1.807, 2.05) is 25.2 Å². The maximum Gasteiger partial charge on any atom is 0.0595 e. The quantitative estimate of drug-likeness (QED) is 0.790. The van der Waals surface area contributed by atoms with Gasteiger partial charge in [-0.15, -0.1) is 0 Å². The number of halogens is 2. The van der Waals surface area contributed by atoms with E-state index >= 15 is 0 Å². The summed E-state index contributed by atoms with van der Waals surface area (Å²) in [7, 11) is 1.99. The van der Waals surface area contributed by atoms with E-state index in [0.717, 1.165) is 6.42 Å². The van der Waals surface area contributed by atoms with Crippen LogP contribution in [0.1, 0.15) is 45.7 Å². The van der Waals surface area contributed by atoms with Gasteiger partial charge in [-0.05, 0) is 42.5 Å². The van der Waals surface area contributed by atoms with E-state index in [1.54, 1.807) is 0 Å². The lowest BCUT2D eigenvalue weighted by atomic mass is 9.77. The zero-order valence-corrected chi connectivity index (χ0v) is 13.4. The summed E-state index contributed by atoms with van der Waals surface area (Å²) in [6, 6.07) is 6.19. The maximum atomic E-state index is 6.08. The maximum absolute atomic E-state index is 6.08. The summed E-state index contributed by atoms with van der Waals surface area (Å²) in [5.41, 5.74) is 1.51. The van der Waals surface area contributed by atoms with E-state index in [2.05, 4.69) is 33.0 Å². The molecular weight excluding hydrogens is 265 g/mol. The summed E-state index contributed by atoms with van der Waals surface area (Å²) in [4.78, 5) is 0. The van der Waals surface area contributed by atoms with Gasteiger partial charge in [0.1, 0.15) is 0 Å². The van der Waals surface area contributed by atoms with Crippen molar-refractivity contribution in [3.8, 4) is 0 Å². The van der Waals surface area contributed by atoms with Crippen LogP contribution in [0.25, 0.3) is 0 Å². The van der Waals surface area contributed by atoms with Crippen molar-refractivity contribution < 1.29 is 0 Å². The van der Waals surface area contributed by atoms with Crippen LogP contribution in [0, 0.1) is 11.3 Å². The van der Waals surface area contributed by atoms with Crippen molar-refractivity contribution in [2.75, 3.05) is 7.05 Å². The van der Waals surface area contributed by atoms with Gasteiger partial charge >= 0.3 is 0 Å². The fraction of sp³-hybridized carbons (Fsp3) is 0.600. The lowest BCUT2D eigenvalue weighted by molar-refractivity contribution is 0.226. The minimum atomic E-state index is 0.311. The molecule has 18 heavy (non-hydrogen) atoms. The molecule has 0 spiro atoms. The Bertz CT molecular complexity index is 396. The Balaban J connectivity index is 2.86. The molecule has 0 radical (unpaired) electrons. The highest BCUT2D eigenvalue weighted by Gasteiger charge is 2.23. The topological polar surface area (TPSA) is 12.0 Å². The average Bonchev–Trinajstić information content (AvgIpc) is 2.28. The average molecular weight is 288 g/mol.